The molecular weight excluding hydrogens is 298 g/mol. The van der Waals surface area contributed by atoms with Gasteiger partial charge in [0.05, 0.1) is 4.88 Å². The Bertz CT molecular complexity index is 537. The molecule has 2 heterocycles. The zero-order chi connectivity index (χ0) is 12.4. The number of hydrogen-bond donors (Lipinski definition) is 1. The van der Waals surface area contributed by atoms with E-state index >= 15 is 0 Å². The summed E-state index contributed by atoms with van der Waals surface area (Å²) in [6.07, 6.45) is 0.938. The predicted molar refractivity (Wildman–Crippen MR) is 76.7 cm³/mol. The van der Waals surface area contributed by atoms with Crippen LogP contribution in [0.1, 0.15) is 18.2 Å². The van der Waals surface area contributed by atoms with Crippen LogP contribution < -0.4 is 5.32 Å². The standard InChI is InChI=1S/C12H14BrN3S/c1-4-8-7(2)15-12(16-11(8)14-3)10-9(13)5-6-17-10/h5-6H,4H2,1-3H3,(H,14,15,16). The quantitative estimate of drug-likeness (QED) is 0.934. The summed E-state index contributed by atoms with van der Waals surface area (Å²) < 4.78 is 1.05. The monoisotopic (exact) mass is 311 g/mol. The molecule has 0 fully saturated rings. The van der Waals surface area contributed by atoms with E-state index in [0.29, 0.717) is 0 Å². The topological polar surface area (TPSA) is 37.8 Å². The van der Waals surface area contributed by atoms with E-state index in [2.05, 4.69) is 38.1 Å². The van der Waals surface area contributed by atoms with Crippen LogP contribution in [0.15, 0.2) is 15.9 Å². The molecule has 0 unspecified atom stereocenters. The highest BCUT2D eigenvalue weighted by Crippen LogP contribution is 2.32. The normalized spacial score (nSPS) is 10.6. The van der Waals surface area contributed by atoms with Gasteiger partial charge in [-0.05, 0) is 40.7 Å². The lowest BCUT2D eigenvalue weighted by atomic mass is 10.1. The zero-order valence-electron chi connectivity index (χ0n) is 10.0. The Kier molecular flexibility index (Phi) is 3.79. The fourth-order valence-electron chi connectivity index (χ4n) is 1.78. The summed E-state index contributed by atoms with van der Waals surface area (Å²) in [4.78, 5) is 10.2. The van der Waals surface area contributed by atoms with Gasteiger partial charge in [0, 0.05) is 22.8 Å². The van der Waals surface area contributed by atoms with Crippen LogP contribution in [0.3, 0.4) is 0 Å². The number of thiophene rings is 1. The van der Waals surface area contributed by atoms with E-state index in [1.807, 2.05) is 25.4 Å². The molecule has 0 aliphatic rings. The first kappa shape index (κ1) is 12.5. The minimum absolute atomic E-state index is 0.783. The molecule has 0 aliphatic heterocycles. The van der Waals surface area contributed by atoms with Crippen molar-refractivity contribution in [3.05, 3.63) is 27.2 Å². The lowest BCUT2D eigenvalue weighted by Crippen LogP contribution is -2.04. The molecule has 5 heteroatoms. The maximum Gasteiger partial charge on any atom is 0.173 e. The van der Waals surface area contributed by atoms with Gasteiger partial charge < -0.3 is 5.32 Å². The van der Waals surface area contributed by atoms with Crippen molar-refractivity contribution in [1.29, 1.82) is 0 Å². The number of anilines is 1. The molecule has 90 valence electrons. The van der Waals surface area contributed by atoms with E-state index < -0.39 is 0 Å². The predicted octanol–water partition coefficient (Wildman–Crippen LogP) is 3.88. The Balaban J connectivity index is 2.58. The number of halogens is 1. The Morgan fingerprint density at radius 3 is 2.71 bits per heavy atom. The van der Waals surface area contributed by atoms with Crippen molar-refractivity contribution in [1.82, 2.24) is 9.97 Å². The first-order valence-corrected chi connectivity index (χ1v) is 7.13. The third kappa shape index (κ3) is 2.35. The van der Waals surface area contributed by atoms with E-state index in [0.717, 1.165) is 33.1 Å². The zero-order valence-corrected chi connectivity index (χ0v) is 12.4. The number of aromatic nitrogens is 2. The van der Waals surface area contributed by atoms with Crippen LogP contribution in [0, 0.1) is 6.92 Å². The van der Waals surface area contributed by atoms with Gasteiger partial charge in [-0.3, -0.25) is 0 Å². The molecule has 0 amide bonds. The molecule has 17 heavy (non-hydrogen) atoms. The highest BCUT2D eigenvalue weighted by molar-refractivity contribution is 9.10. The summed E-state index contributed by atoms with van der Waals surface area (Å²) in [5, 5.41) is 5.18. The van der Waals surface area contributed by atoms with Gasteiger partial charge in [0.15, 0.2) is 5.82 Å². The van der Waals surface area contributed by atoms with Crippen LogP contribution in [0.4, 0.5) is 5.82 Å². The van der Waals surface area contributed by atoms with Crippen molar-refractivity contribution >= 4 is 33.1 Å². The lowest BCUT2D eigenvalue weighted by Gasteiger charge is -2.10. The third-order valence-electron chi connectivity index (χ3n) is 2.62. The van der Waals surface area contributed by atoms with Crippen molar-refractivity contribution in [3.8, 4) is 10.7 Å². The van der Waals surface area contributed by atoms with Crippen LogP contribution >= 0.6 is 27.3 Å². The smallest absolute Gasteiger partial charge is 0.173 e. The van der Waals surface area contributed by atoms with E-state index in [9.17, 15) is 0 Å². The second-order valence-corrected chi connectivity index (χ2v) is 5.43. The minimum atomic E-state index is 0.783. The van der Waals surface area contributed by atoms with Crippen LogP contribution in [0.5, 0.6) is 0 Å². The van der Waals surface area contributed by atoms with Gasteiger partial charge in [-0.1, -0.05) is 6.92 Å². The van der Waals surface area contributed by atoms with E-state index in [1.165, 1.54) is 5.56 Å². The molecule has 0 bridgehead atoms. The first-order chi connectivity index (χ1) is 8.17. The van der Waals surface area contributed by atoms with E-state index in [1.54, 1.807) is 11.3 Å². The number of hydrogen-bond acceptors (Lipinski definition) is 4. The van der Waals surface area contributed by atoms with Crippen molar-refractivity contribution in [3.63, 3.8) is 0 Å². The van der Waals surface area contributed by atoms with Gasteiger partial charge in [-0.2, -0.15) is 0 Å². The number of nitrogens with one attached hydrogen (secondary N) is 1. The average molecular weight is 312 g/mol. The Labute approximate surface area is 113 Å². The molecule has 2 aromatic rings. The van der Waals surface area contributed by atoms with Gasteiger partial charge in [0.2, 0.25) is 0 Å². The second kappa shape index (κ2) is 5.14. The minimum Gasteiger partial charge on any atom is -0.373 e. The Hall–Kier alpha value is -0.940. The summed E-state index contributed by atoms with van der Waals surface area (Å²) in [6, 6.07) is 2.02. The lowest BCUT2D eigenvalue weighted by molar-refractivity contribution is 1.00. The molecule has 0 spiro atoms. The van der Waals surface area contributed by atoms with Gasteiger partial charge in [-0.25, -0.2) is 9.97 Å². The Morgan fingerprint density at radius 1 is 1.41 bits per heavy atom. The summed E-state index contributed by atoms with van der Waals surface area (Å²) in [5.74, 6) is 1.71. The summed E-state index contributed by atoms with van der Waals surface area (Å²) in [7, 11) is 1.90. The second-order valence-electron chi connectivity index (χ2n) is 3.66. The van der Waals surface area contributed by atoms with Gasteiger partial charge in [0.1, 0.15) is 5.82 Å². The van der Waals surface area contributed by atoms with E-state index in [4.69, 9.17) is 0 Å². The van der Waals surface area contributed by atoms with Crippen molar-refractivity contribution in [2.24, 2.45) is 0 Å². The maximum atomic E-state index is 4.59. The van der Waals surface area contributed by atoms with Crippen molar-refractivity contribution in [2.75, 3.05) is 12.4 Å². The van der Waals surface area contributed by atoms with Crippen LogP contribution in [0.25, 0.3) is 10.7 Å². The average Bonchev–Trinajstić information content (AvgIpc) is 2.74. The van der Waals surface area contributed by atoms with Crippen LogP contribution in [-0.2, 0) is 6.42 Å². The fourth-order valence-corrected chi connectivity index (χ4v) is 3.26. The maximum absolute atomic E-state index is 4.59. The highest BCUT2D eigenvalue weighted by Gasteiger charge is 2.13. The first-order valence-electron chi connectivity index (χ1n) is 5.46. The van der Waals surface area contributed by atoms with E-state index in [-0.39, 0.29) is 0 Å². The van der Waals surface area contributed by atoms with Gasteiger partial charge in [0.25, 0.3) is 0 Å². The van der Waals surface area contributed by atoms with Gasteiger partial charge in [-0.15, -0.1) is 11.3 Å². The molecule has 0 radical (unpaired) electrons. The highest BCUT2D eigenvalue weighted by atomic mass is 79.9. The molecule has 0 saturated carbocycles. The molecule has 0 saturated heterocycles. The molecule has 0 aromatic carbocycles. The SMILES string of the molecule is CCc1c(C)nc(-c2sccc2Br)nc1NC. The molecule has 0 atom stereocenters. The third-order valence-corrected chi connectivity index (χ3v) is 4.46. The molecule has 3 nitrogen and oxygen atoms in total. The van der Waals surface area contributed by atoms with Crippen molar-refractivity contribution in [2.45, 2.75) is 20.3 Å². The number of rotatable bonds is 3. The summed E-state index contributed by atoms with van der Waals surface area (Å²) in [5.41, 5.74) is 2.23. The number of nitrogens with zero attached hydrogens (tertiary/aromatic N) is 2. The molecule has 2 rings (SSSR count). The van der Waals surface area contributed by atoms with Crippen LogP contribution in [0.2, 0.25) is 0 Å². The molecule has 2 aromatic heterocycles. The molecule has 1 N–H and O–H groups in total. The fraction of sp³-hybridized carbons (Fsp3) is 0.333. The summed E-state index contributed by atoms with van der Waals surface area (Å²) >= 11 is 5.16. The Morgan fingerprint density at radius 2 is 2.18 bits per heavy atom. The largest absolute Gasteiger partial charge is 0.373 e. The summed E-state index contributed by atoms with van der Waals surface area (Å²) in [6.45, 7) is 4.15. The molecular formula is C12H14BrN3S. The van der Waals surface area contributed by atoms with Crippen LogP contribution in [-0.4, -0.2) is 17.0 Å². The van der Waals surface area contributed by atoms with Crippen molar-refractivity contribution < 1.29 is 0 Å². The number of aryl methyl sites for hydroxylation is 1. The van der Waals surface area contributed by atoms with Gasteiger partial charge >= 0.3 is 0 Å². The molecule has 0 aliphatic carbocycles.